The van der Waals surface area contributed by atoms with Gasteiger partial charge in [0.1, 0.15) is 11.6 Å². The Morgan fingerprint density at radius 2 is 1.90 bits per heavy atom. The van der Waals surface area contributed by atoms with Crippen LogP contribution in [0.4, 0.5) is 19.0 Å². The summed E-state index contributed by atoms with van der Waals surface area (Å²) < 4.78 is 41.8. The molecule has 4 nitrogen and oxygen atoms in total. The maximum Gasteiger partial charge on any atom is 0.573 e. The molecule has 0 aliphatic rings. The van der Waals surface area contributed by atoms with Gasteiger partial charge in [0, 0.05) is 0 Å². The number of nitrogen functional groups attached to an aromatic ring is 1. The Kier molecular flexibility index (Phi) is 4.36. The van der Waals surface area contributed by atoms with E-state index in [1.807, 2.05) is 6.92 Å². The summed E-state index contributed by atoms with van der Waals surface area (Å²) in [6.45, 7) is 1.86. The number of para-hydroxylation sites is 1. The van der Waals surface area contributed by atoms with Crippen molar-refractivity contribution in [3.8, 4) is 17.1 Å². The molecule has 2 N–H and O–H groups in total. The van der Waals surface area contributed by atoms with Crippen molar-refractivity contribution < 1.29 is 17.9 Å². The van der Waals surface area contributed by atoms with Crippen LogP contribution >= 0.6 is 15.9 Å². The van der Waals surface area contributed by atoms with Crippen LogP contribution in [-0.4, -0.2) is 16.3 Å². The molecular formula is C13H11BrF3N3O. The van der Waals surface area contributed by atoms with Crippen LogP contribution in [0.2, 0.25) is 0 Å². The van der Waals surface area contributed by atoms with Gasteiger partial charge in [0.15, 0.2) is 5.82 Å². The first-order chi connectivity index (χ1) is 9.81. The minimum absolute atomic E-state index is 0.0902. The van der Waals surface area contributed by atoms with E-state index in [9.17, 15) is 13.2 Å². The number of halogens is 4. The molecule has 1 aromatic carbocycles. The predicted molar refractivity (Wildman–Crippen MR) is 75.6 cm³/mol. The fraction of sp³-hybridized carbons (Fsp3) is 0.231. The highest BCUT2D eigenvalue weighted by Crippen LogP contribution is 2.33. The van der Waals surface area contributed by atoms with E-state index in [2.05, 4.69) is 30.6 Å². The first kappa shape index (κ1) is 15.6. The molecule has 0 spiro atoms. The van der Waals surface area contributed by atoms with Crippen LogP contribution in [0.15, 0.2) is 28.7 Å². The zero-order valence-electron chi connectivity index (χ0n) is 10.9. The zero-order valence-corrected chi connectivity index (χ0v) is 12.5. The molecule has 0 amide bonds. The van der Waals surface area contributed by atoms with Gasteiger partial charge in [-0.05, 0) is 34.5 Å². The number of aromatic nitrogens is 2. The maximum absolute atomic E-state index is 12.4. The lowest BCUT2D eigenvalue weighted by atomic mass is 10.2. The highest BCUT2D eigenvalue weighted by Gasteiger charge is 2.32. The lowest BCUT2D eigenvalue weighted by Gasteiger charge is -2.13. The fourth-order valence-electron chi connectivity index (χ4n) is 1.73. The molecular weight excluding hydrogens is 351 g/mol. The Morgan fingerprint density at radius 3 is 2.52 bits per heavy atom. The molecule has 0 saturated carbocycles. The average Bonchev–Trinajstić information content (AvgIpc) is 2.40. The number of hydrogen-bond donors (Lipinski definition) is 1. The van der Waals surface area contributed by atoms with E-state index in [1.54, 1.807) is 6.07 Å². The molecule has 0 radical (unpaired) electrons. The Balaban J connectivity index is 2.55. The number of anilines is 1. The molecule has 21 heavy (non-hydrogen) atoms. The Labute approximate surface area is 127 Å². The van der Waals surface area contributed by atoms with Gasteiger partial charge in [-0.25, -0.2) is 9.97 Å². The third-order valence-corrected chi connectivity index (χ3v) is 3.50. The van der Waals surface area contributed by atoms with Crippen molar-refractivity contribution in [2.24, 2.45) is 0 Å². The van der Waals surface area contributed by atoms with E-state index < -0.39 is 6.36 Å². The van der Waals surface area contributed by atoms with Gasteiger partial charge in [-0.2, -0.15) is 0 Å². The molecule has 8 heteroatoms. The summed E-state index contributed by atoms with van der Waals surface area (Å²) in [6.07, 6.45) is -4.23. The number of aryl methyl sites for hydroxylation is 1. The number of alkyl halides is 3. The quantitative estimate of drug-likeness (QED) is 0.898. The molecule has 0 fully saturated rings. The summed E-state index contributed by atoms with van der Waals surface area (Å²) in [4.78, 5) is 8.24. The van der Waals surface area contributed by atoms with Gasteiger partial charge in [0.05, 0.1) is 15.7 Å². The number of rotatable bonds is 3. The van der Waals surface area contributed by atoms with Crippen LogP contribution in [0.25, 0.3) is 11.4 Å². The first-order valence-corrected chi connectivity index (χ1v) is 6.78. The summed E-state index contributed by atoms with van der Waals surface area (Å²) in [7, 11) is 0. The van der Waals surface area contributed by atoms with Gasteiger partial charge in [-0.15, -0.1) is 13.2 Å². The molecule has 1 heterocycles. The van der Waals surface area contributed by atoms with Crippen molar-refractivity contribution >= 4 is 21.7 Å². The van der Waals surface area contributed by atoms with Crippen LogP contribution in [0.5, 0.6) is 5.75 Å². The van der Waals surface area contributed by atoms with E-state index >= 15 is 0 Å². The molecule has 0 unspecified atom stereocenters. The minimum atomic E-state index is -4.79. The lowest BCUT2D eigenvalue weighted by molar-refractivity contribution is -0.274. The third kappa shape index (κ3) is 3.63. The Morgan fingerprint density at radius 1 is 1.24 bits per heavy atom. The summed E-state index contributed by atoms with van der Waals surface area (Å²) >= 11 is 3.25. The van der Waals surface area contributed by atoms with Gasteiger partial charge in [-0.3, -0.25) is 0 Å². The van der Waals surface area contributed by atoms with Crippen molar-refractivity contribution in [2.45, 2.75) is 19.7 Å². The summed E-state index contributed by atoms with van der Waals surface area (Å²) in [6, 6.07) is 5.67. The molecule has 0 saturated heterocycles. The minimum Gasteiger partial charge on any atom is -0.405 e. The van der Waals surface area contributed by atoms with Crippen LogP contribution in [0.3, 0.4) is 0 Å². The SMILES string of the molecule is CCc1nc(-c2ccccc2OC(F)(F)F)nc(N)c1Br. The summed E-state index contributed by atoms with van der Waals surface area (Å²) in [5, 5.41) is 0. The number of nitrogens with zero attached hydrogens (tertiary/aromatic N) is 2. The number of nitrogens with two attached hydrogens (primary N) is 1. The Bertz CT molecular complexity index is 662. The second kappa shape index (κ2) is 5.88. The van der Waals surface area contributed by atoms with Gasteiger partial charge in [-0.1, -0.05) is 19.1 Å². The summed E-state index contributed by atoms with van der Waals surface area (Å²) in [5.41, 5.74) is 6.49. The van der Waals surface area contributed by atoms with Gasteiger partial charge in [0.2, 0.25) is 0 Å². The van der Waals surface area contributed by atoms with E-state index in [0.29, 0.717) is 16.6 Å². The topological polar surface area (TPSA) is 61.0 Å². The molecule has 0 bridgehead atoms. The number of ether oxygens (including phenoxy) is 1. The third-order valence-electron chi connectivity index (χ3n) is 2.63. The highest BCUT2D eigenvalue weighted by atomic mass is 79.9. The van der Waals surface area contributed by atoms with Gasteiger partial charge >= 0.3 is 6.36 Å². The second-order valence-corrected chi connectivity index (χ2v) is 4.88. The van der Waals surface area contributed by atoms with Gasteiger partial charge < -0.3 is 10.5 Å². The van der Waals surface area contributed by atoms with Crippen LogP contribution in [0.1, 0.15) is 12.6 Å². The van der Waals surface area contributed by atoms with Crippen LogP contribution < -0.4 is 10.5 Å². The van der Waals surface area contributed by atoms with Crippen molar-refractivity contribution in [3.05, 3.63) is 34.4 Å². The van der Waals surface area contributed by atoms with E-state index in [-0.39, 0.29) is 23.0 Å². The summed E-state index contributed by atoms with van der Waals surface area (Å²) in [5.74, 6) is -0.111. The molecule has 112 valence electrons. The average molecular weight is 362 g/mol. The highest BCUT2D eigenvalue weighted by molar-refractivity contribution is 9.10. The normalized spacial score (nSPS) is 11.5. The van der Waals surface area contributed by atoms with Crippen LogP contribution in [-0.2, 0) is 6.42 Å². The molecule has 0 aliphatic carbocycles. The van der Waals surface area contributed by atoms with E-state index in [4.69, 9.17) is 5.73 Å². The van der Waals surface area contributed by atoms with Crippen molar-refractivity contribution in [3.63, 3.8) is 0 Å². The monoisotopic (exact) mass is 361 g/mol. The molecule has 1 aromatic heterocycles. The molecule has 2 rings (SSSR count). The number of benzene rings is 1. The zero-order chi connectivity index (χ0) is 15.6. The van der Waals surface area contributed by atoms with Crippen molar-refractivity contribution in [2.75, 3.05) is 5.73 Å². The van der Waals surface area contributed by atoms with Crippen LogP contribution in [0, 0.1) is 0 Å². The largest absolute Gasteiger partial charge is 0.573 e. The smallest absolute Gasteiger partial charge is 0.405 e. The molecule has 0 aliphatic heterocycles. The first-order valence-electron chi connectivity index (χ1n) is 5.99. The molecule has 0 atom stereocenters. The van der Waals surface area contributed by atoms with E-state index in [1.165, 1.54) is 18.2 Å². The van der Waals surface area contributed by atoms with Gasteiger partial charge in [0.25, 0.3) is 0 Å². The Hall–Kier alpha value is -1.83. The van der Waals surface area contributed by atoms with Crippen molar-refractivity contribution in [1.82, 2.24) is 9.97 Å². The van der Waals surface area contributed by atoms with E-state index in [0.717, 1.165) is 0 Å². The lowest BCUT2D eigenvalue weighted by Crippen LogP contribution is -2.17. The standard InChI is InChI=1S/C13H11BrF3N3O/c1-2-8-10(14)11(18)20-12(19-8)7-5-3-4-6-9(7)21-13(15,16)17/h3-6H,2H2,1H3,(H2,18,19,20). The number of hydrogen-bond acceptors (Lipinski definition) is 4. The predicted octanol–water partition coefficient (Wildman–Crippen LogP) is 3.95. The maximum atomic E-state index is 12.4. The molecule has 2 aromatic rings. The second-order valence-electron chi connectivity index (χ2n) is 4.09. The fourth-order valence-corrected chi connectivity index (χ4v) is 2.19. The van der Waals surface area contributed by atoms with Crippen molar-refractivity contribution in [1.29, 1.82) is 0 Å².